The number of nitro benzene ring substituents is 1. The number of thioether (sulfide) groups is 1. The molecule has 0 atom stereocenters. The third-order valence-electron chi connectivity index (χ3n) is 3.78. The van der Waals surface area contributed by atoms with Crippen LogP contribution in [-0.4, -0.2) is 31.5 Å². The summed E-state index contributed by atoms with van der Waals surface area (Å²) in [6.07, 6.45) is 1.78. The molecule has 0 saturated carbocycles. The van der Waals surface area contributed by atoms with E-state index in [-0.39, 0.29) is 30.2 Å². The number of hydrogen-bond donors (Lipinski definition) is 0. The average Bonchev–Trinajstić information content (AvgIpc) is 3.13. The first kappa shape index (κ1) is 17.8. The molecule has 0 N–H and O–H groups in total. The van der Waals surface area contributed by atoms with E-state index in [9.17, 15) is 19.7 Å². The van der Waals surface area contributed by atoms with Crippen molar-refractivity contribution in [3.8, 4) is 0 Å². The molecule has 1 aromatic heterocycles. The fraction of sp³-hybridized carbons (Fsp3) is 0.250. The lowest BCUT2D eigenvalue weighted by atomic mass is 10.1. The lowest BCUT2D eigenvalue weighted by Crippen LogP contribution is -2.41. The van der Waals surface area contributed by atoms with Crippen molar-refractivity contribution in [1.29, 1.82) is 0 Å². The molecule has 1 amide bonds. The van der Waals surface area contributed by atoms with Crippen LogP contribution in [0.1, 0.15) is 32.3 Å². The molecule has 0 spiro atoms. The Kier molecular flexibility index (Phi) is 4.85. The highest BCUT2D eigenvalue weighted by atomic mass is 32.2. The zero-order valence-electron chi connectivity index (χ0n) is 14.1. The summed E-state index contributed by atoms with van der Waals surface area (Å²) in [4.78, 5) is 36.1. The van der Waals surface area contributed by atoms with Crippen molar-refractivity contribution in [2.24, 2.45) is 0 Å². The normalized spacial score (nSPS) is 13.5. The van der Waals surface area contributed by atoms with Crippen LogP contribution < -0.4 is 5.01 Å². The highest BCUT2D eigenvalue weighted by Crippen LogP contribution is 2.40. The lowest BCUT2D eigenvalue weighted by molar-refractivity contribution is -0.384. The predicted octanol–water partition coefficient (Wildman–Crippen LogP) is 2.51. The second-order valence-electron chi connectivity index (χ2n) is 5.38. The van der Waals surface area contributed by atoms with E-state index in [2.05, 4.69) is 10.2 Å². The van der Waals surface area contributed by atoms with Crippen LogP contribution in [0.5, 0.6) is 0 Å². The Labute approximate surface area is 152 Å². The number of aromatic nitrogens is 3. The number of allylic oxidation sites excluding steroid dienone is 1. The van der Waals surface area contributed by atoms with E-state index >= 15 is 0 Å². The van der Waals surface area contributed by atoms with Gasteiger partial charge in [0.15, 0.2) is 5.78 Å². The standard InChI is InChI=1S/C16H15N5O4S/c1-3-12(22)15-14(10-6-5-7-11(8-10)21(24)25)20(13(23)4-2)19-9-17-18-16(19)26-15/h5-9H,3-4H2,1-2H3. The molecular formula is C16H15N5O4S. The van der Waals surface area contributed by atoms with E-state index in [0.29, 0.717) is 21.3 Å². The maximum atomic E-state index is 12.6. The molecule has 1 aliphatic rings. The number of rotatable bonds is 5. The second kappa shape index (κ2) is 7.08. The zero-order valence-corrected chi connectivity index (χ0v) is 14.9. The van der Waals surface area contributed by atoms with Gasteiger partial charge >= 0.3 is 0 Å². The molecule has 1 aliphatic heterocycles. The average molecular weight is 373 g/mol. The number of ketones is 1. The fourth-order valence-electron chi connectivity index (χ4n) is 2.53. The highest BCUT2D eigenvalue weighted by Gasteiger charge is 2.34. The van der Waals surface area contributed by atoms with Gasteiger partial charge < -0.3 is 0 Å². The lowest BCUT2D eigenvalue weighted by Gasteiger charge is -2.31. The molecule has 1 aromatic carbocycles. The number of fused-ring (bicyclic) bond motifs is 1. The summed E-state index contributed by atoms with van der Waals surface area (Å²) < 4.78 is 1.46. The Morgan fingerprint density at radius 3 is 2.69 bits per heavy atom. The minimum absolute atomic E-state index is 0.123. The maximum Gasteiger partial charge on any atom is 0.270 e. The summed E-state index contributed by atoms with van der Waals surface area (Å²) in [5.41, 5.74) is 0.594. The van der Waals surface area contributed by atoms with Crippen molar-refractivity contribution in [1.82, 2.24) is 14.9 Å². The van der Waals surface area contributed by atoms with Crippen molar-refractivity contribution in [3.63, 3.8) is 0 Å². The molecule has 0 unspecified atom stereocenters. The third kappa shape index (κ3) is 2.99. The Hall–Kier alpha value is -3.01. The van der Waals surface area contributed by atoms with Crippen LogP contribution >= 0.6 is 11.8 Å². The van der Waals surface area contributed by atoms with Crippen molar-refractivity contribution < 1.29 is 14.5 Å². The Morgan fingerprint density at radius 1 is 1.27 bits per heavy atom. The highest BCUT2D eigenvalue weighted by molar-refractivity contribution is 8.04. The predicted molar refractivity (Wildman–Crippen MR) is 94.7 cm³/mol. The van der Waals surface area contributed by atoms with Gasteiger partial charge in [-0.15, -0.1) is 10.2 Å². The number of nitrogens with zero attached hydrogens (tertiary/aromatic N) is 5. The van der Waals surface area contributed by atoms with Gasteiger partial charge in [-0.05, 0) is 11.8 Å². The number of benzene rings is 1. The maximum absolute atomic E-state index is 12.6. The molecule has 10 heteroatoms. The molecule has 3 rings (SSSR count). The van der Waals surface area contributed by atoms with Crippen LogP contribution in [0.3, 0.4) is 0 Å². The van der Waals surface area contributed by atoms with E-state index in [0.717, 1.165) is 11.8 Å². The molecule has 0 fully saturated rings. The zero-order chi connectivity index (χ0) is 18.8. The van der Waals surface area contributed by atoms with E-state index in [1.54, 1.807) is 19.9 Å². The quantitative estimate of drug-likeness (QED) is 0.585. The van der Waals surface area contributed by atoms with Crippen LogP contribution in [0.15, 0.2) is 40.7 Å². The van der Waals surface area contributed by atoms with Gasteiger partial charge in [-0.2, -0.15) is 0 Å². The van der Waals surface area contributed by atoms with E-state index in [1.807, 2.05) is 0 Å². The summed E-state index contributed by atoms with van der Waals surface area (Å²) in [6, 6.07) is 5.87. The van der Waals surface area contributed by atoms with Crippen molar-refractivity contribution in [2.45, 2.75) is 31.8 Å². The molecule has 0 saturated heterocycles. The van der Waals surface area contributed by atoms with Gasteiger partial charge in [0.2, 0.25) is 11.1 Å². The smallest absolute Gasteiger partial charge is 0.270 e. The first-order valence-corrected chi connectivity index (χ1v) is 8.73. The summed E-state index contributed by atoms with van der Waals surface area (Å²) in [6.45, 7) is 3.41. The number of amides is 1. The van der Waals surface area contributed by atoms with Gasteiger partial charge in [0.05, 0.1) is 15.5 Å². The Morgan fingerprint density at radius 2 is 2.04 bits per heavy atom. The first-order valence-electron chi connectivity index (χ1n) is 7.91. The van der Waals surface area contributed by atoms with Crippen LogP contribution in [0.4, 0.5) is 5.69 Å². The molecule has 0 aliphatic carbocycles. The number of non-ortho nitro benzene ring substituents is 1. The van der Waals surface area contributed by atoms with Gasteiger partial charge in [-0.3, -0.25) is 19.7 Å². The second-order valence-corrected chi connectivity index (χ2v) is 6.36. The number of nitro groups is 1. The fourth-order valence-corrected chi connectivity index (χ4v) is 3.58. The Balaban J connectivity index is 2.28. The van der Waals surface area contributed by atoms with Gasteiger partial charge in [0.1, 0.15) is 6.33 Å². The number of hydrogen-bond acceptors (Lipinski definition) is 7. The van der Waals surface area contributed by atoms with Crippen LogP contribution in [-0.2, 0) is 9.59 Å². The summed E-state index contributed by atoms with van der Waals surface area (Å²) in [5, 5.41) is 20.6. The van der Waals surface area contributed by atoms with Gasteiger partial charge in [-0.25, -0.2) is 9.69 Å². The Bertz CT molecular complexity index is 936. The largest absolute Gasteiger partial charge is 0.294 e. The number of carbonyl (C=O) groups is 2. The van der Waals surface area contributed by atoms with E-state index in [1.165, 1.54) is 34.2 Å². The summed E-state index contributed by atoms with van der Waals surface area (Å²) in [5.74, 6) is -0.464. The molecule has 2 aromatic rings. The minimum Gasteiger partial charge on any atom is -0.294 e. The van der Waals surface area contributed by atoms with Crippen molar-refractivity contribution >= 4 is 34.8 Å². The molecule has 134 valence electrons. The van der Waals surface area contributed by atoms with E-state index in [4.69, 9.17) is 0 Å². The van der Waals surface area contributed by atoms with Crippen LogP contribution in [0, 0.1) is 10.1 Å². The molecule has 2 heterocycles. The summed E-state index contributed by atoms with van der Waals surface area (Å²) >= 11 is 1.10. The summed E-state index contributed by atoms with van der Waals surface area (Å²) in [7, 11) is 0. The number of carbonyl (C=O) groups excluding carboxylic acids is 2. The van der Waals surface area contributed by atoms with E-state index < -0.39 is 4.92 Å². The van der Waals surface area contributed by atoms with Gasteiger partial charge in [-0.1, -0.05) is 26.0 Å². The van der Waals surface area contributed by atoms with Crippen molar-refractivity contribution in [2.75, 3.05) is 5.01 Å². The topological polar surface area (TPSA) is 111 Å². The van der Waals surface area contributed by atoms with Crippen LogP contribution in [0.2, 0.25) is 0 Å². The van der Waals surface area contributed by atoms with Crippen LogP contribution in [0.25, 0.3) is 5.70 Å². The van der Waals surface area contributed by atoms with Gasteiger partial charge in [0.25, 0.3) is 5.69 Å². The van der Waals surface area contributed by atoms with Crippen molar-refractivity contribution in [3.05, 3.63) is 51.2 Å². The molecule has 26 heavy (non-hydrogen) atoms. The SMILES string of the molecule is CCC(=O)C1=C(c2cccc([N+](=O)[O-])c2)N(C(=O)CC)n2cnnc2S1. The monoisotopic (exact) mass is 373 g/mol. The molecule has 9 nitrogen and oxygen atoms in total. The molecule has 0 bridgehead atoms. The third-order valence-corrected chi connectivity index (χ3v) is 4.86. The molecule has 0 radical (unpaired) electrons. The van der Waals surface area contributed by atoms with Gasteiger partial charge in [0, 0.05) is 30.5 Å². The first-order chi connectivity index (χ1) is 12.5. The number of Topliss-reactive ketones (excluding diaryl/α,β-unsaturated/α-hetero) is 1. The minimum atomic E-state index is -0.516. The molecular weight excluding hydrogens is 358 g/mol.